The number of hydrogen-bond acceptors (Lipinski definition) is 9. The maximum Gasteiger partial charge on any atom is 0.247 e. The lowest BCUT2D eigenvalue weighted by Gasteiger charge is -2.38. The van der Waals surface area contributed by atoms with Gasteiger partial charge in [0.15, 0.2) is 25.0 Å². The van der Waals surface area contributed by atoms with Crippen molar-refractivity contribution in [1.82, 2.24) is 21.3 Å². The zero-order valence-electron chi connectivity index (χ0n) is 40.1. The highest BCUT2D eigenvalue weighted by molar-refractivity contribution is 6.75. The second-order valence-corrected chi connectivity index (χ2v) is 33.4. The first-order valence-electron chi connectivity index (χ1n) is 21.3. The first kappa shape index (κ1) is 59.6. The summed E-state index contributed by atoms with van der Waals surface area (Å²) < 4.78 is 18.4. The second-order valence-electron chi connectivity index (χ2n) is 19.1. The monoisotopic (exact) mass is 866 g/mol. The van der Waals surface area contributed by atoms with Gasteiger partial charge in [-0.3, -0.25) is 19.2 Å². The maximum absolute atomic E-state index is 12.3. The molecular weight excluding hydrogens is 775 g/mol. The van der Waals surface area contributed by atoms with Crippen molar-refractivity contribution in [1.29, 1.82) is 0 Å². The summed E-state index contributed by atoms with van der Waals surface area (Å²) in [6.07, 6.45) is 2.47. The summed E-state index contributed by atoms with van der Waals surface area (Å²) in [5, 5.41) is 20.5. The summed E-state index contributed by atoms with van der Waals surface area (Å²) in [6.45, 7) is 42.6. The Bertz CT molecular complexity index is 1100. The lowest BCUT2D eigenvalue weighted by molar-refractivity contribution is -0.129. The first-order valence-corrected chi connectivity index (χ1v) is 30.0. The molecule has 7 N–H and O–H groups in total. The minimum absolute atomic E-state index is 0.0313. The third kappa shape index (κ3) is 24.9. The molecule has 0 aromatic heterocycles. The van der Waals surface area contributed by atoms with Crippen LogP contribution in [0.15, 0.2) is 0 Å². The highest BCUT2D eigenvalue weighted by Gasteiger charge is 2.42. The van der Waals surface area contributed by atoms with Crippen molar-refractivity contribution in [2.75, 3.05) is 39.3 Å². The Labute approximate surface area is 352 Å². The number of aliphatic hydroxyl groups is 1. The van der Waals surface area contributed by atoms with Crippen LogP contribution >= 0.6 is 0 Å². The summed E-state index contributed by atoms with van der Waals surface area (Å²) >= 11 is 0. The molecule has 0 spiro atoms. The van der Waals surface area contributed by atoms with Crippen LogP contribution < -0.4 is 27.0 Å². The Balaban J connectivity index is -0.000000781. The molecule has 0 aliphatic rings. The predicted octanol–water partition coefficient (Wildman–Crippen LogP) is 6.97. The van der Waals surface area contributed by atoms with Gasteiger partial charge < -0.3 is 45.4 Å². The molecule has 0 aliphatic carbocycles. The molecule has 0 aliphatic heterocycles. The van der Waals surface area contributed by atoms with Gasteiger partial charge >= 0.3 is 0 Å². The highest BCUT2D eigenvalue weighted by Crippen LogP contribution is 2.39. The van der Waals surface area contributed by atoms with Crippen LogP contribution in [0.3, 0.4) is 0 Å². The van der Waals surface area contributed by atoms with Gasteiger partial charge in [0.05, 0.1) is 0 Å². The van der Waals surface area contributed by atoms with E-state index in [1.54, 1.807) is 0 Å². The fourth-order valence-corrected chi connectivity index (χ4v) is 8.10. The average Bonchev–Trinajstić information content (AvgIpc) is 3.05. The lowest BCUT2D eigenvalue weighted by atomic mass is 10.2. The molecule has 3 atom stereocenters. The van der Waals surface area contributed by atoms with Crippen molar-refractivity contribution in [3.8, 4) is 0 Å². The Hall–Kier alpha value is -1.67. The molecule has 0 aromatic rings. The van der Waals surface area contributed by atoms with E-state index in [4.69, 9.17) is 24.1 Å². The number of carbonyl (C=O) groups is 4. The van der Waals surface area contributed by atoms with Crippen LogP contribution in [-0.4, -0.2) is 111 Å². The van der Waals surface area contributed by atoms with Gasteiger partial charge in [-0.25, -0.2) is 0 Å². The molecule has 0 radical (unpaired) electrons. The van der Waals surface area contributed by atoms with E-state index < -0.39 is 43.3 Å². The van der Waals surface area contributed by atoms with E-state index >= 15 is 0 Å². The number of rotatable bonds is 22. The number of unbranched alkanes of at least 4 members (excludes halogenated alkanes) is 1. The normalized spacial score (nSPS) is 14.1. The van der Waals surface area contributed by atoms with Crippen molar-refractivity contribution in [2.24, 2.45) is 5.73 Å². The standard InChI is InChI=1S/C17H36N2O3Si.C12H28N2O2Si.C12H27NO3Si/c1-8-10-11-15(20)19-13-12-14(16(21)18-9-2)22-23(6,7)17(3,4)5;1-7-14-11(15)10(8-9-13)16-17(5,6)12(2,3)4;1-7-13-11(15)10(8-9-14)16-17(5,6)12(2,3)4/h14H,8-13H2,1-7H3,(H,18,21)(H,19,20);10H,7-9,13H2,1-6H3,(H,14,15);10,14H,7-9H2,1-6H3,(H,13,15). The quantitative estimate of drug-likeness (QED) is 0.0625. The topological polar surface area (TPSA) is 190 Å². The second kappa shape index (κ2) is 28.0. The van der Waals surface area contributed by atoms with Gasteiger partial charge in [-0.05, 0) is 101 Å². The molecule has 0 fully saturated rings. The van der Waals surface area contributed by atoms with Crippen molar-refractivity contribution >= 4 is 48.6 Å². The van der Waals surface area contributed by atoms with E-state index in [9.17, 15) is 19.2 Å². The molecule has 0 saturated heterocycles. The van der Waals surface area contributed by atoms with Crippen LogP contribution in [0.5, 0.6) is 0 Å². The van der Waals surface area contributed by atoms with Crippen molar-refractivity contribution in [3.63, 3.8) is 0 Å². The SMILES string of the molecule is CCCCC(=O)NCCC(O[Si](C)(C)C(C)(C)C)C(=O)NCC.CCNC(=O)C(CCN)O[Si](C)(C)C(C)(C)C.CCNC(=O)C(CCO)O[Si](C)(C)C(C)(C)C. The van der Waals surface area contributed by atoms with Crippen molar-refractivity contribution in [3.05, 3.63) is 0 Å². The van der Waals surface area contributed by atoms with Crippen LogP contribution in [-0.2, 0) is 32.5 Å². The summed E-state index contributed by atoms with van der Waals surface area (Å²) in [5.74, 6) is -0.192. The van der Waals surface area contributed by atoms with Gasteiger partial charge in [-0.1, -0.05) is 75.7 Å². The molecule has 57 heavy (non-hydrogen) atoms. The molecule has 13 nitrogen and oxygen atoms in total. The largest absolute Gasteiger partial charge is 0.405 e. The fourth-order valence-electron chi connectivity index (χ4n) is 4.23. The van der Waals surface area contributed by atoms with Gasteiger partial charge in [0.25, 0.3) is 0 Å². The third-order valence-electron chi connectivity index (χ3n) is 11.0. The zero-order valence-corrected chi connectivity index (χ0v) is 43.1. The molecule has 0 saturated carbocycles. The minimum atomic E-state index is -2.03. The Morgan fingerprint density at radius 1 is 0.561 bits per heavy atom. The number of carbonyl (C=O) groups excluding carboxylic acids is 4. The number of amides is 4. The van der Waals surface area contributed by atoms with E-state index in [2.05, 4.69) is 130 Å². The first-order chi connectivity index (χ1) is 25.9. The number of likely N-dealkylation sites (N-methyl/N-ethyl adjacent to an activating group) is 3. The van der Waals surface area contributed by atoms with Crippen LogP contribution in [0.4, 0.5) is 0 Å². The van der Waals surface area contributed by atoms with E-state index in [1.165, 1.54) is 0 Å². The number of nitrogens with two attached hydrogens (primary N) is 1. The van der Waals surface area contributed by atoms with Crippen molar-refractivity contribution in [2.45, 2.75) is 201 Å². The minimum Gasteiger partial charge on any atom is -0.405 e. The number of nitrogens with one attached hydrogen (secondary N) is 4. The summed E-state index contributed by atoms with van der Waals surface area (Å²) in [7, 11) is -5.91. The molecule has 0 rings (SSSR count). The molecule has 3 unspecified atom stereocenters. The smallest absolute Gasteiger partial charge is 0.247 e. The Morgan fingerprint density at radius 3 is 1.14 bits per heavy atom. The molecule has 0 heterocycles. The van der Waals surface area contributed by atoms with Gasteiger partial charge in [0.1, 0.15) is 18.3 Å². The summed E-state index contributed by atoms with van der Waals surface area (Å²) in [5.41, 5.74) is 5.55. The highest BCUT2D eigenvalue weighted by atomic mass is 28.4. The number of hydrogen-bond donors (Lipinski definition) is 6. The summed E-state index contributed by atoms with van der Waals surface area (Å²) in [6, 6.07) is 0. The van der Waals surface area contributed by atoms with Crippen LogP contribution in [0.25, 0.3) is 0 Å². The molecule has 16 heteroatoms. The van der Waals surface area contributed by atoms with Gasteiger partial charge in [-0.15, -0.1) is 0 Å². The lowest BCUT2D eigenvalue weighted by Crippen LogP contribution is -2.49. The van der Waals surface area contributed by atoms with E-state index in [1.807, 2.05) is 20.8 Å². The zero-order chi connectivity index (χ0) is 45.5. The van der Waals surface area contributed by atoms with E-state index in [-0.39, 0.29) is 45.4 Å². The van der Waals surface area contributed by atoms with Gasteiger partial charge in [-0.2, -0.15) is 0 Å². The molecule has 4 amide bonds. The summed E-state index contributed by atoms with van der Waals surface area (Å²) in [4.78, 5) is 47.6. The Kier molecular flexibility index (Phi) is 29.3. The van der Waals surface area contributed by atoms with Gasteiger partial charge in [0, 0.05) is 45.6 Å². The molecule has 0 bridgehead atoms. The van der Waals surface area contributed by atoms with Crippen molar-refractivity contribution < 1.29 is 37.6 Å². The van der Waals surface area contributed by atoms with Crippen LogP contribution in [0.1, 0.15) is 129 Å². The van der Waals surface area contributed by atoms with E-state index in [0.717, 1.165) is 12.8 Å². The molecular formula is C41H91N5O8Si3. The van der Waals surface area contributed by atoms with Crippen LogP contribution in [0.2, 0.25) is 54.4 Å². The predicted molar refractivity (Wildman–Crippen MR) is 245 cm³/mol. The molecule has 0 aromatic carbocycles. The third-order valence-corrected chi connectivity index (χ3v) is 24.4. The van der Waals surface area contributed by atoms with Gasteiger partial charge in [0.2, 0.25) is 23.6 Å². The van der Waals surface area contributed by atoms with E-state index in [0.29, 0.717) is 58.4 Å². The van der Waals surface area contributed by atoms with Crippen LogP contribution in [0, 0.1) is 0 Å². The number of aliphatic hydroxyl groups excluding tert-OH is 1. The Morgan fingerprint density at radius 2 is 0.877 bits per heavy atom. The maximum atomic E-state index is 12.3. The average molecular weight is 866 g/mol. The fraction of sp³-hybridized carbons (Fsp3) is 0.902. The molecule has 340 valence electrons.